The number of aryl methyl sites for hydroxylation is 2. The highest BCUT2D eigenvalue weighted by Gasteiger charge is 2.26. The van der Waals surface area contributed by atoms with Crippen molar-refractivity contribution >= 4 is 17.7 Å². The lowest BCUT2D eigenvalue weighted by atomic mass is 9.96. The Balaban J connectivity index is 1.24. The lowest BCUT2D eigenvalue weighted by Crippen LogP contribution is -2.49. The van der Waals surface area contributed by atoms with Crippen molar-refractivity contribution in [1.29, 1.82) is 0 Å². The zero-order valence-electron chi connectivity index (χ0n) is 21.4. The molecule has 2 aliphatic rings. The number of piperazine rings is 1. The number of nitrogens with zero attached hydrogens (tertiary/aromatic N) is 6. The fourth-order valence-corrected chi connectivity index (χ4v) is 5.10. The van der Waals surface area contributed by atoms with Crippen molar-refractivity contribution in [3.05, 3.63) is 47.8 Å². The summed E-state index contributed by atoms with van der Waals surface area (Å²) >= 11 is 0. The molecule has 1 aliphatic heterocycles. The fourth-order valence-electron chi connectivity index (χ4n) is 5.10. The molecular weight excluding hydrogens is 454 g/mol. The van der Waals surface area contributed by atoms with Gasteiger partial charge in [0.25, 0.3) is 5.91 Å². The maximum atomic E-state index is 13.3. The van der Waals surface area contributed by atoms with Gasteiger partial charge in [-0.25, -0.2) is 4.98 Å². The Kier molecular flexibility index (Phi) is 7.06. The Bertz CT molecular complexity index is 1210. The summed E-state index contributed by atoms with van der Waals surface area (Å²) in [5.41, 5.74) is 3.22. The van der Waals surface area contributed by atoms with Gasteiger partial charge >= 0.3 is 0 Å². The van der Waals surface area contributed by atoms with E-state index in [2.05, 4.69) is 20.3 Å². The van der Waals surface area contributed by atoms with E-state index in [4.69, 9.17) is 9.72 Å². The van der Waals surface area contributed by atoms with Gasteiger partial charge in [0.05, 0.1) is 12.8 Å². The van der Waals surface area contributed by atoms with Crippen LogP contribution in [0.3, 0.4) is 0 Å². The first-order chi connectivity index (χ1) is 17.5. The van der Waals surface area contributed by atoms with Crippen molar-refractivity contribution in [2.24, 2.45) is 7.05 Å². The number of hydrogen-bond donors (Lipinski definition) is 1. The van der Waals surface area contributed by atoms with E-state index in [0.29, 0.717) is 24.8 Å². The first kappa shape index (κ1) is 24.1. The minimum Gasteiger partial charge on any atom is -0.497 e. The van der Waals surface area contributed by atoms with Gasteiger partial charge in [-0.2, -0.15) is 10.1 Å². The number of aromatic nitrogens is 4. The van der Waals surface area contributed by atoms with Gasteiger partial charge in [0, 0.05) is 56.6 Å². The number of rotatable bonds is 6. The minimum absolute atomic E-state index is 0.00248. The summed E-state index contributed by atoms with van der Waals surface area (Å²) in [5, 5.41) is 8.13. The summed E-state index contributed by atoms with van der Waals surface area (Å²) in [7, 11) is 3.46. The van der Waals surface area contributed by atoms with Crippen molar-refractivity contribution in [3.8, 4) is 17.0 Å². The maximum Gasteiger partial charge on any atom is 0.272 e. The number of carbonyl (C=O) groups is 1. The second kappa shape index (κ2) is 10.6. The lowest BCUT2D eigenvalue weighted by molar-refractivity contribution is 0.0735. The number of amides is 1. The molecule has 3 heterocycles. The third-order valence-corrected chi connectivity index (χ3v) is 7.13. The molecule has 36 heavy (non-hydrogen) atoms. The molecule has 9 heteroatoms. The average molecular weight is 490 g/mol. The largest absolute Gasteiger partial charge is 0.497 e. The van der Waals surface area contributed by atoms with Gasteiger partial charge < -0.3 is 19.9 Å². The normalized spacial score (nSPS) is 16.8. The van der Waals surface area contributed by atoms with Crippen LogP contribution in [0.2, 0.25) is 0 Å². The molecule has 2 fully saturated rings. The van der Waals surface area contributed by atoms with Crippen molar-refractivity contribution in [1.82, 2.24) is 24.6 Å². The summed E-state index contributed by atoms with van der Waals surface area (Å²) in [6.07, 6.45) is 6.22. The van der Waals surface area contributed by atoms with E-state index in [1.54, 1.807) is 11.8 Å². The highest BCUT2D eigenvalue weighted by molar-refractivity contribution is 5.94. The molecule has 0 spiro atoms. The molecule has 190 valence electrons. The van der Waals surface area contributed by atoms with E-state index >= 15 is 0 Å². The number of methoxy groups -OCH3 is 1. The van der Waals surface area contributed by atoms with Crippen LogP contribution >= 0.6 is 0 Å². The predicted octanol–water partition coefficient (Wildman–Crippen LogP) is 3.90. The Labute approximate surface area is 212 Å². The summed E-state index contributed by atoms with van der Waals surface area (Å²) < 4.78 is 6.99. The Hall–Kier alpha value is -3.62. The van der Waals surface area contributed by atoms with Gasteiger partial charge in [-0.15, -0.1) is 0 Å². The first-order valence-corrected chi connectivity index (χ1v) is 12.8. The van der Waals surface area contributed by atoms with Crippen LogP contribution in [0, 0.1) is 6.92 Å². The van der Waals surface area contributed by atoms with E-state index in [1.807, 2.05) is 55.3 Å². The summed E-state index contributed by atoms with van der Waals surface area (Å²) in [4.78, 5) is 26.9. The highest BCUT2D eigenvalue weighted by atomic mass is 16.5. The molecule has 0 unspecified atom stereocenters. The van der Waals surface area contributed by atoms with Crippen LogP contribution in [0.25, 0.3) is 11.3 Å². The first-order valence-electron chi connectivity index (χ1n) is 12.8. The summed E-state index contributed by atoms with van der Waals surface area (Å²) in [6, 6.07) is 12.1. The van der Waals surface area contributed by atoms with Crippen molar-refractivity contribution in [2.45, 2.75) is 45.1 Å². The third-order valence-electron chi connectivity index (χ3n) is 7.13. The summed E-state index contributed by atoms with van der Waals surface area (Å²) in [5.74, 6) is 2.40. The molecule has 1 N–H and O–H groups in total. The van der Waals surface area contributed by atoms with Gasteiger partial charge in [0.2, 0.25) is 5.95 Å². The Morgan fingerprint density at radius 2 is 1.81 bits per heavy atom. The molecule has 0 bridgehead atoms. The second-order valence-electron chi connectivity index (χ2n) is 9.72. The number of nitrogens with one attached hydrogen (secondary N) is 1. The van der Waals surface area contributed by atoms with E-state index < -0.39 is 0 Å². The van der Waals surface area contributed by atoms with Crippen LogP contribution in [0.5, 0.6) is 5.75 Å². The van der Waals surface area contributed by atoms with Crippen LogP contribution in [0.1, 0.15) is 48.3 Å². The molecule has 0 atom stereocenters. The Morgan fingerprint density at radius 1 is 1.03 bits per heavy atom. The molecule has 1 saturated heterocycles. The highest BCUT2D eigenvalue weighted by Crippen LogP contribution is 2.25. The third kappa shape index (κ3) is 5.29. The van der Waals surface area contributed by atoms with Gasteiger partial charge in [-0.1, -0.05) is 31.4 Å². The second-order valence-corrected chi connectivity index (χ2v) is 9.72. The van der Waals surface area contributed by atoms with E-state index in [9.17, 15) is 4.79 Å². The standard InChI is InChI=1S/C27H35N7O2/c1-19-16-25(30-27(28-19)29-21-9-5-4-6-10-21)33-12-14-34(15-13-33)26(35)24-18-23(31-32(24)2)20-8-7-11-22(17-20)36-3/h7-8,11,16-18,21H,4-6,9-10,12-15H2,1-3H3,(H,28,29,30). The van der Waals surface area contributed by atoms with Crippen molar-refractivity contribution in [2.75, 3.05) is 43.5 Å². The number of ether oxygens (including phenoxy) is 1. The molecule has 1 aromatic carbocycles. The van der Waals surface area contributed by atoms with E-state index in [-0.39, 0.29) is 5.91 Å². The molecule has 1 saturated carbocycles. The van der Waals surface area contributed by atoms with Crippen LogP contribution in [-0.4, -0.2) is 69.9 Å². The average Bonchev–Trinajstić information content (AvgIpc) is 3.30. The summed E-state index contributed by atoms with van der Waals surface area (Å²) in [6.45, 7) is 4.73. The van der Waals surface area contributed by atoms with Crippen LogP contribution < -0.4 is 15.0 Å². The molecule has 1 amide bonds. The van der Waals surface area contributed by atoms with E-state index in [0.717, 1.165) is 47.6 Å². The number of carbonyl (C=O) groups excluding carboxylic acids is 1. The number of anilines is 2. The molecule has 3 aromatic rings. The van der Waals surface area contributed by atoms with E-state index in [1.165, 1.54) is 32.1 Å². The van der Waals surface area contributed by atoms with Gasteiger partial charge in [-0.05, 0) is 38.0 Å². The zero-order chi connectivity index (χ0) is 25.1. The van der Waals surface area contributed by atoms with Gasteiger partial charge in [-0.3, -0.25) is 9.48 Å². The molecule has 0 radical (unpaired) electrons. The lowest BCUT2D eigenvalue weighted by Gasteiger charge is -2.35. The molecular formula is C27H35N7O2. The van der Waals surface area contributed by atoms with Crippen LogP contribution in [0.4, 0.5) is 11.8 Å². The maximum absolute atomic E-state index is 13.3. The number of benzene rings is 1. The van der Waals surface area contributed by atoms with Crippen molar-refractivity contribution in [3.63, 3.8) is 0 Å². The van der Waals surface area contributed by atoms with Crippen LogP contribution in [0.15, 0.2) is 36.4 Å². The molecule has 1 aliphatic carbocycles. The van der Waals surface area contributed by atoms with Crippen LogP contribution in [-0.2, 0) is 7.05 Å². The minimum atomic E-state index is -0.00248. The fraction of sp³-hybridized carbons (Fsp3) is 0.481. The molecule has 9 nitrogen and oxygen atoms in total. The smallest absolute Gasteiger partial charge is 0.272 e. The molecule has 5 rings (SSSR count). The Morgan fingerprint density at radius 3 is 2.56 bits per heavy atom. The number of hydrogen-bond acceptors (Lipinski definition) is 7. The zero-order valence-corrected chi connectivity index (χ0v) is 21.4. The monoisotopic (exact) mass is 489 g/mol. The molecule has 2 aromatic heterocycles. The quantitative estimate of drug-likeness (QED) is 0.562. The predicted molar refractivity (Wildman–Crippen MR) is 141 cm³/mol. The van der Waals surface area contributed by atoms with Gasteiger partial charge in [0.1, 0.15) is 17.3 Å². The van der Waals surface area contributed by atoms with Crippen molar-refractivity contribution < 1.29 is 9.53 Å². The SMILES string of the molecule is COc1cccc(-c2cc(C(=O)N3CCN(c4cc(C)nc(NC5CCCCC5)n4)CC3)n(C)n2)c1. The van der Waals surface area contributed by atoms with Gasteiger partial charge in [0.15, 0.2) is 0 Å². The topological polar surface area (TPSA) is 88.4 Å².